The summed E-state index contributed by atoms with van der Waals surface area (Å²) >= 11 is 0. The molecule has 94 valence electrons. The third-order valence-electron chi connectivity index (χ3n) is 3.08. The lowest BCUT2D eigenvalue weighted by Gasteiger charge is -2.20. The van der Waals surface area contributed by atoms with Crippen molar-refractivity contribution in [1.29, 1.82) is 0 Å². The van der Waals surface area contributed by atoms with E-state index in [1.54, 1.807) is 0 Å². The molecule has 1 unspecified atom stereocenters. The Kier molecular flexibility index (Phi) is 4.48. The van der Waals surface area contributed by atoms with Crippen LogP contribution in [0.2, 0.25) is 0 Å². The normalized spacial score (nSPS) is 20.1. The Hall–Kier alpha value is -0.970. The van der Waals surface area contributed by atoms with Crippen LogP contribution in [0.4, 0.5) is 0 Å². The second-order valence-corrected chi connectivity index (χ2v) is 4.69. The molecule has 1 aliphatic rings. The van der Waals surface area contributed by atoms with E-state index in [0.29, 0.717) is 12.6 Å². The summed E-state index contributed by atoms with van der Waals surface area (Å²) in [6.45, 7) is 3.35. The van der Waals surface area contributed by atoms with Gasteiger partial charge >= 0.3 is 0 Å². The fourth-order valence-electron chi connectivity index (χ4n) is 2.25. The molecule has 2 N–H and O–H groups in total. The number of nitrogens with two attached hydrogens (primary N) is 1. The van der Waals surface area contributed by atoms with E-state index in [2.05, 4.69) is 23.0 Å². The molecule has 0 radical (unpaired) electrons. The van der Waals surface area contributed by atoms with Crippen molar-refractivity contribution < 1.29 is 4.74 Å². The van der Waals surface area contributed by atoms with Gasteiger partial charge in [0.05, 0.1) is 11.8 Å². The van der Waals surface area contributed by atoms with Gasteiger partial charge in [0.2, 0.25) is 0 Å². The van der Waals surface area contributed by atoms with Gasteiger partial charge in [-0.05, 0) is 37.6 Å². The molecule has 0 aromatic carbocycles. The third-order valence-corrected chi connectivity index (χ3v) is 3.08. The largest absolute Gasteiger partial charge is 0.377 e. The maximum atomic E-state index is 5.63. The van der Waals surface area contributed by atoms with Gasteiger partial charge in [-0.1, -0.05) is 0 Å². The number of likely N-dealkylation sites (N-methyl/N-ethyl adjacent to an activating group) is 1. The van der Waals surface area contributed by atoms with E-state index < -0.39 is 0 Å². The molecule has 1 aromatic rings. The Balaban J connectivity index is 1.85. The molecule has 0 saturated carbocycles. The highest BCUT2D eigenvalue weighted by Crippen LogP contribution is 2.14. The van der Waals surface area contributed by atoms with E-state index in [0.717, 1.165) is 25.4 Å². The average Bonchev–Trinajstić information content (AvgIpc) is 2.82. The van der Waals surface area contributed by atoms with Crippen LogP contribution in [-0.2, 0) is 17.8 Å². The van der Waals surface area contributed by atoms with E-state index in [1.165, 1.54) is 18.4 Å². The standard InChI is InChI=1S/C13H21N3O/c1-16(10-13-3-2-6-17-13)9-11-4-5-15-12(7-11)8-14/h4-5,7,13H,2-3,6,8-10,14H2,1H3. The van der Waals surface area contributed by atoms with Crippen LogP contribution in [0.3, 0.4) is 0 Å². The minimum atomic E-state index is 0.413. The summed E-state index contributed by atoms with van der Waals surface area (Å²) in [6, 6.07) is 4.12. The number of hydrogen-bond donors (Lipinski definition) is 1. The van der Waals surface area contributed by atoms with Crippen LogP contribution in [0.1, 0.15) is 24.1 Å². The molecule has 1 atom stereocenters. The summed E-state index contributed by atoms with van der Waals surface area (Å²) in [7, 11) is 2.13. The first kappa shape index (κ1) is 12.5. The van der Waals surface area contributed by atoms with Gasteiger partial charge in [-0.25, -0.2) is 0 Å². The predicted octanol–water partition coefficient (Wildman–Crippen LogP) is 1.15. The number of rotatable bonds is 5. The van der Waals surface area contributed by atoms with Gasteiger partial charge in [-0.15, -0.1) is 0 Å². The lowest BCUT2D eigenvalue weighted by atomic mass is 10.2. The molecule has 4 nitrogen and oxygen atoms in total. The summed E-state index contributed by atoms with van der Waals surface area (Å²) < 4.78 is 5.63. The summed E-state index contributed by atoms with van der Waals surface area (Å²) in [6.07, 6.45) is 4.63. The van der Waals surface area contributed by atoms with Crippen LogP contribution >= 0.6 is 0 Å². The SMILES string of the molecule is CN(Cc1ccnc(CN)c1)CC1CCCO1. The quantitative estimate of drug-likeness (QED) is 0.832. The third kappa shape index (κ3) is 3.77. The minimum Gasteiger partial charge on any atom is -0.377 e. The zero-order chi connectivity index (χ0) is 12.1. The zero-order valence-corrected chi connectivity index (χ0v) is 10.4. The van der Waals surface area contributed by atoms with Crippen molar-refractivity contribution >= 4 is 0 Å². The molecule has 1 fully saturated rings. The number of hydrogen-bond acceptors (Lipinski definition) is 4. The molecule has 0 bridgehead atoms. The highest BCUT2D eigenvalue weighted by molar-refractivity contribution is 5.16. The Morgan fingerprint density at radius 3 is 3.18 bits per heavy atom. The van der Waals surface area contributed by atoms with Gasteiger partial charge in [-0.3, -0.25) is 9.88 Å². The highest BCUT2D eigenvalue weighted by atomic mass is 16.5. The predicted molar refractivity (Wildman–Crippen MR) is 67.4 cm³/mol. The average molecular weight is 235 g/mol. The molecule has 2 rings (SSSR count). The van der Waals surface area contributed by atoms with Crippen LogP contribution in [-0.4, -0.2) is 36.2 Å². The Bertz CT molecular complexity index is 350. The van der Waals surface area contributed by atoms with Crippen molar-refractivity contribution in [3.8, 4) is 0 Å². The first-order valence-corrected chi connectivity index (χ1v) is 6.22. The van der Waals surface area contributed by atoms with Crippen LogP contribution in [0.5, 0.6) is 0 Å². The molecule has 1 aliphatic heterocycles. The van der Waals surface area contributed by atoms with Crippen molar-refractivity contribution in [2.24, 2.45) is 5.73 Å². The van der Waals surface area contributed by atoms with Crippen molar-refractivity contribution in [1.82, 2.24) is 9.88 Å². The number of ether oxygens (including phenoxy) is 1. The second-order valence-electron chi connectivity index (χ2n) is 4.69. The highest BCUT2D eigenvalue weighted by Gasteiger charge is 2.17. The fraction of sp³-hybridized carbons (Fsp3) is 0.615. The summed E-state index contributed by atoms with van der Waals surface area (Å²) in [5.74, 6) is 0. The first-order chi connectivity index (χ1) is 8.28. The Morgan fingerprint density at radius 1 is 1.59 bits per heavy atom. The van der Waals surface area contributed by atoms with E-state index in [1.807, 2.05) is 12.3 Å². The van der Waals surface area contributed by atoms with Crippen molar-refractivity contribution in [3.05, 3.63) is 29.6 Å². The van der Waals surface area contributed by atoms with Crippen molar-refractivity contribution in [2.45, 2.75) is 32.0 Å². The maximum Gasteiger partial charge on any atom is 0.0702 e. The first-order valence-electron chi connectivity index (χ1n) is 6.22. The van der Waals surface area contributed by atoms with E-state index in [9.17, 15) is 0 Å². The van der Waals surface area contributed by atoms with Gasteiger partial charge in [0.1, 0.15) is 0 Å². The summed E-state index contributed by atoms with van der Waals surface area (Å²) in [5.41, 5.74) is 7.80. The van der Waals surface area contributed by atoms with Crippen LogP contribution < -0.4 is 5.73 Å². The smallest absolute Gasteiger partial charge is 0.0702 e. The molecule has 2 heterocycles. The summed E-state index contributed by atoms with van der Waals surface area (Å²) in [4.78, 5) is 6.50. The van der Waals surface area contributed by atoms with Crippen LogP contribution in [0.15, 0.2) is 18.3 Å². The molecule has 1 aromatic heterocycles. The lowest BCUT2D eigenvalue weighted by Crippen LogP contribution is -2.28. The van der Waals surface area contributed by atoms with Gasteiger partial charge in [-0.2, -0.15) is 0 Å². The number of nitrogens with zero attached hydrogens (tertiary/aromatic N) is 2. The lowest BCUT2D eigenvalue weighted by molar-refractivity contribution is 0.0793. The Labute approximate surface area is 103 Å². The van der Waals surface area contributed by atoms with Gasteiger partial charge < -0.3 is 10.5 Å². The zero-order valence-electron chi connectivity index (χ0n) is 10.4. The van der Waals surface area contributed by atoms with Crippen LogP contribution in [0, 0.1) is 0 Å². The van der Waals surface area contributed by atoms with Crippen molar-refractivity contribution in [3.63, 3.8) is 0 Å². The van der Waals surface area contributed by atoms with E-state index in [4.69, 9.17) is 10.5 Å². The van der Waals surface area contributed by atoms with Gasteiger partial charge in [0.25, 0.3) is 0 Å². The minimum absolute atomic E-state index is 0.413. The summed E-state index contributed by atoms with van der Waals surface area (Å²) in [5, 5.41) is 0. The van der Waals surface area contributed by atoms with E-state index in [-0.39, 0.29) is 0 Å². The molecular weight excluding hydrogens is 214 g/mol. The number of aromatic nitrogens is 1. The van der Waals surface area contributed by atoms with E-state index >= 15 is 0 Å². The second kappa shape index (κ2) is 6.10. The Morgan fingerprint density at radius 2 is 2.47 bits per heavy atom. The topological polar surface area (TPSA) is 51.4 Å². The molecule has 0 amide bonds. The van der Waals surface area contributed by atoms with Crippen LogP contribution in [0.25, 0.3) is 0 Å². The van der Waals surface area contributed by atoms with Crippen molar-refractivity contribution in [2.75, 3.05) is 20.2 Å². The fourth-order valence-corrected chi connectivity index (χ4v) is 2.25. The molecule has 1 saturated heterocycles. The van der Waals surface area contributed by atoms with Gasteiger partial charge in [0.15, 0.2) is 0 Å². The molecule has 17 heavy (non-hydrogen) atoms. The molecule has 0 aliphatic carbocycles. The molecular formula is C13H21N3O. The molecule has 4 heteroatoms. The monoisotopic (exact) mass is 235 g/mol. The van der Waals surface area contributed by atoms with Gasteiger partial charge in [0, 0.05) is 32.4 Å². The number of pyridine rings is 1. The molecule has 0 spiro atoms. The maximum absolute atomic E-state index is 5.63.